The van der Waals surface area contributed by atoms with Gasteiger partial charge in [-0.15, -0.1) is 0 Å². The summed E-state index contributed by atoms with van der Waals surface area (Å²) in [6, 6.07) is 9.44. The van der Waals surface area contributed by atoms with Crippen molar-refractivity contribution in [2.75, 3.05) is 20.8 Å². The average molecular weight is 263 g/mol. The van der Waals surface area contributed by atoms with Crippen LogP contribution in [0.25, 0.3) is 0 Å². The SMILES string of the molecule is COCC(NC(C(=O)OC)c1ccccc1)C1CC1. The molecule has 2 unspecified atom stereocenters. The zero-order valence-electron chi connectivity index (χ0n) is 11.5. The van der Waals surface area contributed by atoms with Gasteiger partial charge < -0.3 is 9.47 Å². The molecule has 0 bridgehead atoms. The molecule has 0 radical (unpaired) electrons. The van der Waals surface area contributed by atoms with E-state index < -0.39 is 6.04 Å². The Labute approximate surface area is 114 Å². The van der Waals surface area contributed by atoms with Gasteiger partial charge in [0.2, 0.25) is 0 Å². The number of nitrogens with one attached hydrogen (secondary N) is 1. The molecule has 0 amide bonds. The van der Waals surface area contributed by atoms with Gasteiger partial charge in [-0.3, -0.25) is 5.32 Å². The number of carbonyl (C=O) groups excluding carboxylic acids is 1. The Balaban J connectivity index is 2.11. The molecule has 0 spiro atoms. The second-order valence-corrected chi connectivity index (χ2v) is 4.93. The van der Waals surface area contributed by atoms with Gasteiger partial charge in [0.25, 0.3) is 0 Å². The minimum atomic E-state index is -0.424. The third kappa shape index (κ3) is 3.78. The topological polar surface area (TPSA) is 47.6 Å². The molecule has 0 aromatic heterocycles. The van der Waals surface area contributed by atoms with E-state index in [0.717, 1.165) is 5.56 Å². The summed E-state index contributed by atoms with van der Waals surface area (Å²) in [5.74, 6) is 0.351. The Morgan fingerprint density at radius 1 is 1.32 bits per heavy atom. The maximum absolute atomic E-state index is 12.0. The van der Waals surface area contributed by atoms with Crippen LogP contribution in [0.15, 0.2) is 30.3 Å². The summed E-state index contributed by atoms with van der Waals surface area (Å²) >= 11 is 0. The molecular formula is C15H21NO3. The lowest BCUT2D eigenvalue weighted by molar-refractivity contribution is -0.143. The van der Waals surface area contributed by atoms with Crippen molar-refractivity contribution in [2.24, 2.45) is 5.92 Å². The van der Waals surface area contributed by atoms with Gasteiger partial charge in [-0.25, -0.2) is 4.79 Å². The van der Waals surface area contributed by atoms with Gasteiger partial charge in [0.15, 0.2) is 0 Å². The molecular weight excluding hydrogens is 242 g/mol. The van der Waals surface area contributed by atoms with Crippen LogP contribution in [0.4, 0.5) is 0 Å². The predicted octanol–water partition coefficient (Wildman–Crippen LogP) is 1.92. The van der Waals surface area contributed by atoms with E-state index in [1.807, 2.05) is 30.3 Å². The van der Waals surface area contributed by atoms with Gasteiger partial charge in [-0.1, -0.05) is 30.3 Å². The molecule has 4 nitrogen and oxygen atoms in total. The van der Waals surface area contributed by atoms with Gasteiger partial charge in [0.1, 0.15) is 6.04 Å². The maximum atomic E-state index is 12.0. The second kappa shape index (κ2) is 6.68. The Kier molecular flexibility index (Phi) is 4.93. The predicted molar refractivity (Wildman–Crippen MR) is 72.7 cm³/mol. The van der Waals surface area contributed by atoms with Crippen LogP contribution in [-0.4, -0.2) is 32.8 Å². The Bertz CT molecular complexity index is 403. The van der Waals surface area contributed by atoms with Crippen molar-refractivity contribution in [3.05, 3.63) is 35.9 Å². The van der Waals surface area contributed by atoms with Crippen molar-refractivity contribution in [1.82, 2.24) is 5.32 Å². The Morgan fingerprint density at radius 3 is 2.53 bits per heavy atom. The van der Waals surface area contributed by atoms with Gasteiger partial charge in [0, 0.05) is 13.2 Å². The van der Waals surface area contributed by atoms with E-state index in [2.05, 4.69) is 5.32 Å². The van der Waals surface area contributed by atoms with Crippen molar-refractivity contribution in [1.29, 1.82) is 0 Å². The third-order valence-corrected chi connectivity index (χ3v) is 3.49. The highest BCUT2D eigenvalue weighted by molar-refractivity contribution is 5.77. The van der Waals surface area contributed by atoms with E-state index in [0.29, 0.717) is 12.5 Å². The minimum absolute atomic E-state index is 0.203. The van der Waals surface area contributed by atoms with Crippen LogP contribution in [0.5, 0.6) is 0 Å². The molecule has 1 fully saturated rings. The number of methoxy groups -OCH3 is 2. The molecule has 4 heteroatoms. The van der Waals surface area contributed by atoms with Crippen molar-refractivity contribution < 1.29 is 14.3 Å². The van der Waals surface area contributed by atoms with E-state index in [4.69, 9.17) is 9.47 Å². The van der Waals surface area contributed by atoms with Crippen molar-refractivity contribution in [3.63, 3.8) is 0 Å². The van der Waals surface area contributed by atoms with Crippen LogP contribution in [-0.2, 0) is 14.3 Å². The van der Waals surface area contributed by atoms with Crippen molar-refractivity contribution in [2.45, 2.75) is 24.9 Å². The molecule has 1 aromatic carbocycles. The molecule has 1 aliphatic carbocycles. The van der Waals surface area contributed by atoms with Gasteiger partial charge in [-0.2, -0.15) is 0 Å². The molecule has 1 aromatic rings. The summed E-state index contributed by atoms with van der Waals surface area (Å²) in [5.41, 5.74) is 0.927. The van der Waals surface area contributed by atoms with E-state index >= 15 is 0 Å². The fraction of sp³-hybridized carbons (Fsp3) is 0.533. The summed E-state index contributed by atoms with van der Waals surface area (Å²) in [6.45, 7) is 0.616. The first-order valence-electron chi connectivity index (χ1n) is 6.64. The number of esters is 1. The number of hydrogen-bond donors (Lipinski definition) is 1. The van der Waals surface area contributed by atoms with Crippen LogP contribution in [0, 0.1) is 5.92 Å². The lowest BCUT2D eigenvalue weighted by Crippen LogP contribution is -2.41. The fourth-order valence-corrected chi connectivity index (χ4v) is 2.28. The average Bonchev–Trinajstić information content (AvgIpc) is 3.28. The van der Waals surface area contributed by atoms with Gasteiger partial charge in [-0.05, 0) is 24.3 Å². The first kappa shape index (κ1) is 14.0. The Morgan fingerprint density at radius 2 is 2.00 bits per heavy atom. The molecule has 19 heavy (non-hydrogen) atoms. The molecule has 1 N–H and O–H groups in total. The molecule has 0 saturated heterocycles. The lowest BCUT2D eigenvalue weighted by Gasteiger charge is -2.24. The molecule has 2 atom stereocenters. The number of ether oxygens (including phenoxy) is 2. The third-order valence-electron chi connectivity index (χ3n) is 3.49. The summed E-state index contributed by atoms with van der Waals surface area (Å²) in [6.07, 6.45) is 2.40. The maximum Gasteiger partial charge on any atom is 0.327 e. The summed E-state index contributed by atoms with van der Waals surface area (Å²) in [7, 11) is 3.11. The fourth-order valence-electron chi connectivity index (χ4n) is 2.28. The summed E-state index contributed by atoms with van der Waals surface area (Å²) in [4.78, 5) is 12.0. The van der Waals surface area contributed by atoms with Crippen LogP contribution < -0.4 is 5.32 Å². The number of benzene rings is 1. The molecule has 0 aliphatic heterocycles. The highest BCUT2D eigenvalue weighted by Crippen LogP contribution is 2.34. The van der Waals surface area contributed by atoms with Crippen molar-refractivity contribution in [3.8, 4) is 0 Å². The number of rotatable bonds is 7. The van der Waals surface area contributed by atoms with Gasteiger partial charge >= 0.3 is 5.97 Å². The lowest BCUT2D eigenvalue weighted by atomic mass is 10.0. The van der Waals surface area contributed by atoms with Crippen LogP contribution in [0.1, 0.15) is 24.4 Å². The monoisotopic (exact) mass is 263 g/mol. The van der Waals surface area contributed by atoms with Crippen LogP contribution >= 0.6 is 0 Å². The van der Waals surface area contributed by atoms with Crippen molar-refractivity contribution >= 4 is 5.97 Å². The smallest absolute Gasteiger partial charge is 0.327 e. The second-order valence-electron chi connectivity index (χ2n) is 4.93. The first-order chi connectivity index (χ1) is 9.26. The standard InChI is InChI=1S/C15H21NO3/c1-18-10-13(11-8-9-11)16-14(15(17)19-2)12-6-4-3-5-7-12/h3-7,11,13-14,16H,8-10H2,1-2H3. The zero-order chi connectivity index (χ0) is 13.7. The molecule has 104 valence electrons. The molecule has 1 aliphatic rings. The van der Waals surface area contributed by atoms with E-state index in [-0.39, 0.29) is 12.0 Å². The summed E-state index contributed by atoms with van der Waals surface area (Å²) < 4.78 is 10.1. The minimum Gasteiger partial charge on any atom is -0.468 e. The summed E-state index contributed by atoms with van der Waals surface area (Å²) in [5, 5.41) is 3.38. The highest BCUT2D eigenvalue weighted by atomic mass is 16.5. The van der Waals surface area contributed by atoms with Crippen LogP contribution in [0.3, 0.4) is 0 Å². The number of hydrogen-bond acceptors (Lipinski definition) is 4. The number of carbonyl (C=O) groups is 1. The quantitative estimate of drug-likeness (QED) is 0.763. The first-order valence-corrected chi connectivity index (χ1v) is 6.64. The highest BCUT2D eigenvalue weighted by Gasteiger charge is 2.34. The van der Waals surface area contributed by atoms with Crippen LogP contribution in [0.2, 0.25) is 0 Å². The van der Waals surface area contributed by atoms with Gasteiger partial charge in [0.05, 0.1) is 13.7 Å². The zero-order valence-corrected chi connectivity index (χ0v) is 11.5. The van der Waals surface area contributed by atoms with E-state index in [9.17, 15) is 4.79 Å². The van der Waals surface area contributed by atoms with E-state index in [1.165, 1.54) is 20.0 Å². The molecule has 1 saturated carbocycles. The normalized spacial score (nSPS) is 17.8. The Hall–Kier alpha value is -1.39. The molecule has 0 heterocycles. The molecule has 2 rings (SSSR count). The largest absolute Gasteiger partial charge is 0.468 e. The van der Waals surface area contributed by atoms with E-state index in [1.54, 1.807) is 7.11 Å².